The van der Waals surface area contributed by atoms with Crippen LogP contribution >= 0.6 is 0 Å². The first kappa shape index (κ1) is 15.5. The van der Waals surface area contributed by atoms with Crippen molar-refractivity contribution in [1.29, 1.82) is 0 Å². The lowest BCUT2D eigenvalue weighted by Gasteiger charge is -2.34. The summed E-state index contributed by atoms with van der Waals surface area (Å²) in [5.41, 5.74) is 0. The fourth-order valence-electron chi connectivity index (χ4n) is 3.22. The lowest BCUT2D eigenvalue weighted by atomic mass is 10.1. The first-order chi connectivity index (χ1) is 10.7. The molecule has 2 aliphatic heterocycles. The highest BCUT2D eigenvalue weighted by atomic mass is 16.5. The number of nitrogens with zero attached hydrogens (tertiary/aromatic N) is 3. The molecular formula is C16H25N3O3. The highest BCUT2D eigenvalue weighted by Gasteiger charge is 2.29. The summed E-state index contributed by atoms with van der Waals surface area (Å²) >= 11 is 0. The molecule has 2 fully saturated rings. The molecule has 1 amide bonds. The van der Waals surface area contributed by atoms with Crippen molar-refractivity contribution in [2.45, 2.75) is 50.9 Å². The number of piperidine rings is 1. The second-order valence-corrected chi connectivity index (χ2v) is 6.18. The average molecular weight is 307 g/mol. The first-order valence-electron chi connectivity index (χ1n) is 8.25. The van der Waals surface area contributed by atoms with Crippen molar-refractivity contribution in [3.63, 3.8) is 0 Å². The predicted molar refractivity (Wildman–Crippen MR) is 81.5 cm³/mol. The summed E-state index contributed by atoms with van der Waals surface area (Å²) in [6, 6.07) is 2.20. The summed E-state index contributed by atoms with van der Waals surface area (Å²) in [5, 5.41) is 4.30. The van der Waals surface area contributed by atoms with Crippen LogP contribution in [0.25, 0.3) is 0 Å². The number of hydrogen-bond acceptors (Lipinski definition) is 4. The van der Waals surface area contributed by atoms with Crippen LogP contribution in [0.15, 0.2) is 18.5 Å². The summed E-state index contributed by atoms with van der Waals surface area (Å²) in [6.45, 7) is 4.70. The molecule has 3 atom stereocenters. The Kier molecular flexibility index (Phi) is 5.10. The molecule has 122 valence electrons. The van der Waals surface area contributed by atoms with Crippen LogP contribution in [-0.2, 0) is 14.3 Å². The monoisotopic (exact) mass is 307 g/mol. The van der Waals surface area contributed by atoms with Crippen molar-refractivity contribution >= 4 is 5.91 Å². The lowest BCUT2D eigenvalue weighted by molar-refractivity contribution is -0.146. The smallest absolute Gasteiger partial charge is 0.251 e. The Morgan fingerprint density at radius 3 is 3.09 bits per heavy atom. The summed E-state index contributed by atoms with van der Waals surface area (Å²) < 4.78 is 13.2. The topological polar surface area (TPSA) is 56.6 Å². The van der Waals surface area contributed by atoms with Crippen LogP contribution in [-0.4, -0.2) is 59.1 Å². The molecule has 0 spiro atoms. The fourth-order valence-corrected chi connectivity index (χ4v) is 3.22. The molecule has 0 unspecified atom stereocenters. The van der Waals surface area contributed by atoms with E-state index in [0.29, 0.717) is 13.2 Å². The molecule has 0 radical (unpaired) electrons. The SMILES string of the molecule is C[C@H](OC[C@@H]1CCCO1)C(=O)N1CCC[C@H](n2cccn2)C1. The van der Waals surface area contributed by atoms with Gasteiger partial charge in [-0.15, -0.1) is 0 Å². The van der Waals surface area contributed by atoms with Gasteiger partial charge in [-0.05, 0) is 38.7 Å². The largest absolute Gasteiger partial charge is 0.376 e. The van der Waals surface area contributed by atoms with E-state index >= 15 is 0 Å². The maximum absolute atomic E-state index is 12.5. The van der Waals surface area contributed by atoms with E-state index in [4.69, 9.17) is 9.47 Å². The standard InChI is InChI=1S/C16H25N3O3/c1-13(22-12-15-6-3-10-21-15)16(20)18-8-2-5-14(11-18)19-9-4-7-17-19/h4,7,9,13-15H,2-3,5-6,8,10-12H2,1H3/t13-,14-,15-/m0/s1. The van der Waals surface area contributed by atoms with Crippen LogP contribution in [0, 0.1) is 0 Å². The number of rotatable bonds is 5. The van der Waals surface area contributed by atoms with Gasteiger partial charge in [-0.25, -0.2) is 0 Å². The number of hydrogen-bond donors (Lipinski definition) is 0. The number of carbonyl (C=O) groups is 1. The minimum absolute atomic E-state index is 0.0786. The molecule has 2 saturated heterocycles. The third kappa shape index (κ3) is 3.67. The van der Waals surface area contributed by atoms with Gasteiger partial charge in [0.25, 0.3) is 5.91 Å². The molecule has 0 aliphatic carbocycles. The molecule has 6 heteroatoms. The molecule has 0 saturated carbocycles. The Morgan fingerprint density at radius 1 is 1.45 bits per heavy atom. The number of aromatic nitrogens is 2. The van der Waals surface area contributed by atoms with E-state index in [1.165, 1.54) is 0 Å². The Hall–Kier alpha value is -1.40. The van der Waals surface area contributed by atoms with Crippen LogP contribution in [0.3, 0.4) is 0 Å². The summed E-state index contributed by atoms with van der Waals surface area (Å²) in [4.78, 5) is 14.5. The molecule has 3 heterocycles. The van der Waals surface area contributed by atoms with E-state index in [2.05, 4.69) is 5.10 Å². The Balaban J connectivity index is 1.50. The predicted octanol–water partition coefficient (Wildman–Crippen LogP) is 1.63. The second kappa shape index (κ2) is 7.24. The van der Waals surface area contributed by atoms with Gasteiger partial charge in [0.05, 0.1) is 18.8 Å². The summed E-state index contributed by atoms with van der Waals surface area (Å²) in [6.07, 6.45) is 7.71. The summed E-state index contributed by atoms with van der Waals surface area (Å²) in [5.74, 6) is 0.0786. The zero-order valence-corrected chi connectivity index (χ0v) is 13.2. The van der Waals surface area contributed by atoms with Gasteiger partial charge in [0.1, 0.15) is 6.10 Å². The van der Waals surface area contributed by atoms with E-state index in [9.17, 15) is 4.79 Å². The van der Waals surface area contributed by atoms with E-state index < -0.39 is 6.10 Å². The van der Waals surface area contributed by atoms with Gasteiger partial charge in [0.15, 0.2) is 0 Å². The molecule has 3 rings (SSSR count). The molecule has 0 bridgehead atoms. The van der Waals surface area contributed by atoms with Crippen LogP contribution in [0.5, 0.6) is 0 Å². The zero-order valence-electron chi connectivity index (χ0n) is 13.2. The molecule has 2 aliphatic rings. The van der Waals surface area contributed by atoms with Gasteiger partial charge in [-0.1, -0.05) is 0 Å². The van der Waals surface area contributed by atoms with E-state index in [1.807, 2.05) is 28.8 Å². The highest BCUT2D eigenvalue weighted by molar-refractivity contribution is 5.80. The second-order valence-electron chi connectivity index (χ2n) is 6.18. The minimum Gasteiger partial charge on any atom is -0.376 e. The summed E-state index contributed by atoms with van der Waals surface area (Å²) in [7, 11) is 0. The van der Waals surface area contributed by atoms with E-state index in [-0.39, 0.29) is 18.1 Å². The third-order valence-electron chi connectivity index (χ3n) is 4.51. The zero-order chi connectivity index (χ0) is 15.4. The van der Waals surface area contributed by atoms with Crippen molar-refractivity contribution < 1.29 is 14.3 Å². The van der Waals surface area contributed by atoms with Crippen molar-refractivity contribution in [2.24, 2.45) is 0 Å². The third-order valence-corrected chi connectivity index (χ3v) is 4.51. The van der Waals surface area contributed by atoms with Crippen molar-refractivity contribution in [3.8, 4) is 0 Å². The van der Waals surface area contributed by atoms with Crippen LogP contribution in [0.1, 0.15) is 38.6 Å². The van der Waals surface area contributed by atoms with Gasteiger partial charge in [0, 0.05) is 32.1 Å². The van der Waals surface area contributed by atoms with Crippen LogP contribution < -0.4 is 0 Å². The average Bonchev–Trinajstić information content (AvgIpc) is 3.25. The van der Waals surface area contributed by atoms with Gasteiger partial charge in [-0.2, -0.15) is 5.10 Å². The van der Waals surface area contributed by atoms with Gasteiger partial charge < -0.3 is 14.4 Å². The minimum atomic E-state index is -0.402. The quantitative estimate of drug-likeness (QED) is 0.829. The number of amides is 1. The van der Waals surface area contributed by atoms with E-state index in [0.717, 1.165) is 38.8 Å². The van der Waals surface area contributed by atoms with Crippen molar-refractivity contribution in [3.05, 3.63) is 18.5 Å². The van der Waals surface area contributed by atoms with Crippen LogP contribution in [0.4, 0.5) is 0 Å². The Labute approximate surface area is 131 Å². The van der Waals surface area contributed by atoms with Gasteiger partial charge >= 0.3 is 0 Å². The number of ether oxygens (including phenoxy) is 2. The molecule has 0 N–H and O–H groups in total. The molecule has 0 aromatic carbocycles. The Morgan fingerprint density at radius 2 is 2.36 bits per heavy atom. The number of carbonyl (C=O) groups excluding carboxylic acids is 1. The van der Waals surface area contributed by atoms with E-state index in [1.54, 1.807) is 6.20 Å². The molecule has 6 nitrogen and oxygen atoms in total. The molecule has 1 aromatic heterocycles. The molecule has 1 aromatic rings. The molecule has 22 heavy (non-hydrogen) atoms. The lowest BCUT2D eigenvalue weighted by Crippen LogP contribution is -2.45. The Bertz CT molecular complexity index is 471. The maximum Gasteiger partial charge on any atom is 0.251 e. The van der Waals surface area contributed by atoms with Crippen LogP contribution in [0.2, 0.25) is 0 Å². The molecular weight excluding hydrogens is 282 g/mol. The van der Waals surface area contributed by atoms with Gasteiger partial charge in [-0.3, -0.25) is 9.48 Å². The normalized spacial score (nSPS) is 27.0. The van der Waals surface area contributed by atoms with Crippen molar-refractivity contribution in [1.82, 2.24) is 14.7 Å². The maximum atomic E-state index is 12.5. The van der Waals surface area contributed by atoms with Crippen molar-refractivity contribution in [2.75, 3.05) is 26.3 Å². The fraction of sp³-hybridized carbons (Fsp3) is 0.750. The number of likely N-dealkylation sites (tertiary alicyclic amines) is 1. The first-order valence-corrected chi connectivity index (χ1v) is 8.25. The highest BCUT2D eigenvalue weighted by Crippen LogP contribution is 2.21. The van der Waals surface area contributed by atoms with Gasteiger partial charge in [0.2, 0.25) is 0 Å².